The van der Waals surface area contributed by atoms with Crippen molar-refractivity contribution in [2.24, 2.45) is 0 Å². The second-order valence-corrected chi connectivity index (χ2v) is 8.04. The quantitative estimate of drug-likeness (QED) is 0.473. The summed E-state index contributed by atoms with van der Waals surface area (Å²) in [6.45, 7) is 6.75. The summed E-state index contributed by atoms with van der Waals surface area (Å²) in [7, 11) is -1.25. The summed E-state index contributed by atoms with van der Waals surface area (Å²) in [5.74, 6) is 5.51. The molecule has 0 atom stereocenters. The van der Waals surface area contributed by atoms with Gasteiger partial charge in [-0.05, 0) is 30.3 Å². The average molecular weight is 190 g/mol. The second kappa shape index (κ2) is 6.58. The lowest BCUT2D eigenvalue weighted by Gasteiger charge is -2.19. The molecule has 0 unspecified atom stereocenters. The van der Waals surface area contributed by atoms with Gasteiger partial charge >= 0.3 is 0 Å². The van der Waals surface area contributed by atoms with Crippen molar-refractivity contribution < 1.29 is 0 Å². The number of terminal acetylenes is 1. The average Bonchev–Trinajstić information content (AvgIpc) is 2.20. The Balaban J connectivity index is 4.48. The molecule has 0 aromatic rings. The third-order valence-electron chi connectivity index (χ3n) is 2.63. The van der Waals surface area contributed by atoms with Crippen LogP contribution in [0.3, 0.4) is 0 Å². The lowest BCUT2D eigenvalue weighted by molar-refractivity contribution is 1.20. The predicted octanol–water partition coefficient (Wildman–Crippen LogP) is 3.23. The van der Waals surface area contributed by atoms with Crippen LogP contribution >= 0.6 is 0 Å². The minimum absolute atomic E-state index is 1.25. The Kier molecular flexibility index (Phi) is 6.11. The molecular weight excluding hydrogens is 172 g/mol. The van der Waals surface area contributed by atoms with Crippen molar-refractivity contribution in [1.29, 1.82) is 0 Å². The maximum Gasteiger partial charge on any atom is 0.138 e. The first-order valence-corrected chi connectivity index (χ1v) is 7.50. The van der Waals surface area contributed by atoms with Crippen molar-refractivity contribution in [2.75, 3.05) is 0 Å². The van der Waals surface area contributed by atoms with Crippen LogP contribution in [0.2, 0.25) is 18.1 Å². The first-order chi connectivity index (χ1) is 6.24. The highest BCUT2D eigenvalue weighted by atomic mass is 28.3. The fourth-order valence-corrected chi connectivity index (χ4v) is 3.72. The molecule has 0 radical (unpaired) electrons. The van der Waals surface area contributed by atoms with Gasteiger partial charge in [0.1, 0.15) is 8.07 Å². The van der Waals surface area contributed by atoms with Gasteiger partial charge in [-0.1, -0.05) is 32.6 Å². The molecule has 70 valence electrons. The van der Waals surface area contributed by atoms with Crippen LogP contribution in [-0.2, 0) is 0 Å². The minimum atomic E-state index is -1.25. The van der Waals surface area contributed by atoms with Crippen LogP contribution in [0.25, 0.3) is 0 Å². The maximum absolute atomic E-state index is 5.08. The Morgan fingerprint density at radius 1 is 1.08 bits per heavy atom. The summed E-state index contributed by atoms with van der Waals surface area (Å²) in [5.41, 5.74) is 3.42. The van der Waals surface area contributed by atoms with Gasteiger partial charge in [-0.3, -0.25) is 0 Å². The Morgan fingerprint density at radius 3 is 2.00 bits per heavy atom. The zero-order chi connectivity index (χ0) is 10.2. The van der Waals surface area contributed by atoms with Gasteiger partial charge in [0.05, 0.1) is 0 Å². The molecule has 0 N–H and O–H groups in total. The van der Waals surface area contributed by atoms with Gasteiger partial charge in [-0.25, -0.2) is 0 Å². The van der Waals surface area contributed by atoms with Crippen molar-refractivity contribution in [2.45, 2.75) is 38.9 Å². The largest absolute Gasteiger partial charge is 0.138 e. The van der Waals surface area contributed by atoms with E-state index in [9.17, 15) is 0 Å². The predicted molar refractivity (Wildman–Crippen MR) is 62.9 cm³/mol. The van der Waals surface area contributed by atoms with E-state index in [4.69, 9.17) is 6.42 Å². The summed E-state index contributed by atoms with van der Waals surface area (Å²) in [5, 5.41) is 0. The molecule has 0 rings (SSSR count). The van der Waals surface area contributed by atoms with Gasteiger partial charge < -0.3 is 0 Å². The molecular formula is C12H18Si. The van der Waals surface area contributed by atoms with E-state index in [2.05, 4.69) is 38.2 Å². The summed E-state index contributed by atoms with van der Waals surface area (Å²) >= 11 is 0. The molecule has 0 aromatic heterocycles. The van der Waals surface area contributed by atoms with E-state index >= 15 is 0 Å². The highest BCUT2D eigenvalue weighted by Gasteiger charge is 2.23. The fourth-order valence-electron chi connectivity index (χ4n) is 1.30. The Hall–Kier alpha value is -0.923. The molecule has 0 amide bonds. The first kappa shape index (κ1) is 12.1. The standard InChI is InChI=1S/C12H18Si/c1-5-9-10-11-12-13(6-2,7-3)8-4/h1,9-10H,6-8H2,2-4H3/b10-9-. The molecule has 0 aliphatic heterocycles. The van der Waals surface area contributed by atoms with E-state index < -0.39 is 8.07 Å². The van der Waals surface area contributed by atoms with Gasteiger partial charge in [-0.2, -0.15) is 0 Å². The molecule has 0 heterocycles. The fraction of sp³-hybridized carbons (Fsp3) is 0.500. The molecule has 0 bridgehead atoms. The number of hydrogen-bond acceptors (Lipinski definition) is 0. The smallest absolute Gasteiger partial charge is 0.126 e. The van der Waals surface area contributed by atoms with E-state index in [1.807, 2.05) is 0 Å². The van der Waals surface area contributed by atoms with E-state index in [0.29, 0.717) is 0 Å². The molecule has 0 fully saturated rings. The lowest BCUT2D eigenvalue weighted by atomic mass is 10.5. The third-order valence-corrected chi connectivity index (χ3v) is 7.37. The zero-order valence-corrected chi connectivity index (χ0v) is 9.85. The van der Waals surface area contributed by atoms with E-state index in [1.54, 1.807) is 12.2 Å². The normalized spacial score (nSPS) is 10.6. The zero-order valence-electron chi connectivity index (χ0n) is 8.85. The maximum atomic E-state index is 5.08. The Morgan fingerprint density at radius 2 is 1.62 bits per heavy atom. The van der Waals surface area contributed by atoms with Crippen LogP contribution in [0, 0.1) is 23.8 Å². The molecule has 0 saturated heterocycles. The SMILES string of the molecule is C#C/C=C\C#C[Si](CC)(CC)CC. The van der Waals surface area contributed by atoms with Gasteiger partial charge in [0.2, 0.25) is 0 Å². The molecule has 0 aromatic carbocycles. The minimum Gasteiger partial charge on any atom is -0.126 e. The molecule has 0 saturated carbocycles. The van der Waals surface area contributed by atoms with Crippen LogP contribution in [0.15, 0.2) is 12.2 Å². The third kappa shape index (κ3) is 4.01. The summed E-state index contributed by atoms with van der Waals surface area (Å²) in [6.07, 6.45) is 8.52. The Labute approximate surface area is 83.4 Å². The molecule has 0 nitrogen and oxygen atoms in total. The highest BCUT2D eigenvalue weighted by molar-refractivity contribution is 6.87. The lowest BCUT2D eigenvalue weighted by Crippen LogP contribution is -2.29. The van der Waals surface area contributed by atoms with Gasteiger partial charge in [0.15, 0.2) is 0 Å². The second-order valence-electron chi connectivity index (χ2n) is 3.11. The van der Waals surface area contributed by atoms with Crippen LogP contribution < -0.4 is 0 Å². The van der Waals surface area contributed by atoms with E-state index in [1.165, 1.54) is 18.1 Å². The number of hydrogen-bond donors (Lipinski definition) is 0. The van der Waals surface area contributed by atoms with Crippen molar-refractivity contribution in [1.82, 2.24) is 0 Å². The van der Waals surface area contributed by atoms with Gasteiger partial charge in [0.25, 0.3) is 0 Å². The topological polar surface area (TPSA) is 0 Å². The van der Waals surface area contributed by atoms with Crippen molar-refractivity contribution in [3.8, 4) is 23.8 Å². The van der Waals surface area contributed by atoms with Gasteiger partial charge in [0, 0.05) is 0 Å². The summed E-state index contributed by atoms with van der Waals surface area (Å²) in [6, 6.07) is 3.74. The Bertz CT molecular complexity index is 245. The van der Waals surface area contributed by atoms with Gasteiger partial charge in [-0.15, -0.1) is 12.0 Å². The number of allylic oxidation sites excluding steroid dienone is 2. The highest BCUT2D eigenvalue weighted by Crippen LogP contribution is 2.18. The summed E-state index contributed by atoms with van der Waals surface area (Å²) in [4.78, 5) is 0. The van der Waals surface area contributed by atoms with Crippen molar-refractivity contribution in [3.05, 3.63) is 12.2 Å². The van der Waals surface area contributed by atoms with Crippen molar-refractivity contribution >= 4 is 8.07 Å². The van der Waals surface area contributed by atoms with Crippen LogP contribution in [-0.4, -0.2) is 8.07 Å². The monoisotopic (exact) mass is 190 g/mol. The molecule has 0 aliphatic carbocycles. The van der Waals surface area contributed by atoms with Crippen molar-refractivity contribution in [3.63, 3.8) is 0 Å². The first-order valence-electron chi connectivity index (χ1n) is 4.88. The molecule has 0 spiro atoms. The van der Waals surface area contributed by atoms with Crippen LogP contribution in [0.1, 0.15) is 20.8 Å². The number of rotatable bonds is 3. The van der Waals surface area contributed by atoms with E-state index in [0.717, 1.165) is 0 Å². The molecule has 13 heavy (non-hydrogen) atoms. The summed E-state index contributed by atoms with van der Waals surface area (Å²) < 4.78 is 0. The van der Waals surface area contributed by atoms with E-state index in [-0.39, 0.29) is 0 Å². The molecule has 0 aliphatic rings. The van der Waals surface area contributed by atoms with Crippen LogP contribution in [0.4, 0.5) is 0 Å². The molecule has 1 heteroatoms. The van der Waals surface area contributed by atoms with Crippen LogP contribution in [0.5, 0.6) is 0 Å².